The van der Waals surface area contributed by atoms with Crippen molar-refractivity contribution < 1.29 is 15.1 Å². The third-order valence-corrected chi connectivity index (χ3v) is 2.88. The fourth-order valence-electron chi connectivity index (χ4n) is 1.48. The molecule has 0 fully saturated rings. The number of pyridine rings is 1. The van der Waals surface area contributed by atoms with Gasteiger partial charge >= 0.3 is 5.69 Å². The predicted octanol–water partition coefficient (Wildman–Crippen LogP) is 0.844. The van der Waals surface area contributed by atoms with Crippen molar-refractivity contribution in [1.82, 2.24) is 4.98 Å². The van der Waals surface area contributed by atoms with Crippen LogP contribution in [0.5, 0.6) is 0 Å². The number of aromatic nitrogens is 1. The Morgan fingerprint density at radius 2 is 2.06 bits per heavy atom. The molecule has 0 saturated carbocycles. The van der Waals surface area contributed by atoms with Crippen LogP contribution in [0.15, 0.2) is 12.1 Å². The van der Waals surface area contributed by atoms with E-state index in [1.807, 2.05) is 0 Å². The highest BCUT2D eigenvalue weighted by Gasteiger charge is 2.30. The Morgan fingerprint density at radius 1 is 1.44 bits per heavy atom. The first kappa shape index (κ1) is 14.3. The van der Waals surface area contributed by atoms with E-state index in [1.54, 1.807) is 13.8 Å². The molecule has 0 aliphatic carbocycles. The van der Waals surface area contributed by atoms with Crippen LogP contribution >= 0.6 is 0 Å². The molecule has 100 valence electrons. The van der Waals surface area contributed by atoms with E-state index in [-0.39, 0.29) is 24.7 Å². The average molecular weight is 255 g/mol. The second-order valence-electron chi connectivity index (χ2n) is 4.15. The van der Waals surface area contributed by atoms with Gasteiger partial charge in [0.15, 0.2) is 0 Å². The number of nitrogens with zero attached hydrogens (tertiary/aromatic N) is 2. The van der Waals surface area contributed by atoms with Crippen LogP contribution in [0.1, 0.15) is 19.0 Å². The first-order chi connectivity index (χ1) is 8.48. The van der Waals surface area contributed by atoms with Crippen LogP contribution in [0.4, 0.5) is 11.5 Å². The predicted molar refractivity (Wildman–Crippen MR) is 66.4 cm³/mol. The lowest BCUT2D eigenvalue weighted by Gasteiger charge is -2.30. The number of aryl methyl sites for hydroxylation is 1. The van der Waals surface area contributed by atoms with Crippen molar-refractivity contribution in [1.29, 1.82) is 0 Å². The molecule has 0 aromatic carbocycles. The van der Waals surface area contributed by atoms with Gasteiger partial charge in [0.05, 0.1) is 23.7 Å². The summed E-state index contributed by atoms with van der Waals surface area (Å²) in [6.45, 7) is 2.79. The molecule has 0 aliphatic rings. The van der Waals surface area contributed by atoms with Crippen LogP contribution in [0.3, 0.4) is 0 Å². The number of hydrogen-bond acceptors (Lipinski definition) is 6. The Morgan fingerprint density at radius 3 is 2.50 bits per heavy atom. The molecular formula is C11H17N3O4. The summed E-state index contributed by atoms with van der Waals surface area (Å²) in [4.78, 5) is 14.4. The maximum atomic E-state index is 10.9. The number of hydrogen-bond donors (Lipinski definition) is 3. The third-order valence-electron chi connectivity index (χ3n) is 2.88. The van der Waals surface area contributed by atoms with Crippen LogP contribution in [-0.2, 0) is 0 Å². The van der Waals surface area contributed by atoms with Gasteiger partial charge in [-0.2, -0.15) is 0 Å². The number of anilines is 1. The van der Waals surface area contributed by atoms with Crippen molar-refractivity contribution in [2.75, 3.05) is 18.5 Å². The Labute approximate surface area is 105 Å². The summed E-state index contributed by atoms with van der Waals surface area (Å²) in [6, 6.07) is 2.88. The van der Waals surface area contributed by atoms with Crippen molar-refractivity contribution in [3.05, 3.63) is 27.9 Å². The topological polar surface area (TPSA) is 109 Å². The molecule has 18 heavy (non-hydrogen) atoms. The minimum Gasteiger partial charge on any atom is -0.394 e. The minimum atomic E-state index is -1.01. The highest BCUT2D eigenvalue weighted by atomic mass is 16.6. The summed E-state index contributed by atoms with van der Waals surface area (Å²) < 4.78 is 0. The monoisotopic (exact) mass is 255 g/mol. The van der Waals surface area contributed by atoms with Crippen molar-refractivity contribution >= 4 is 11.5 Å². The molecule has 3 N–H and O–H groups in total. The van der Waals surface area contributed by atoms with Gasteiger partial charge in [0.1, 0.15) is 0 Å². The maximum absolute atomic E-state index is 10.9. The third kappa shape index (κ3) is 2.93. The highest BCUT2D eigenvalue weighted by molar-refractivity contribution is 5.57. The molecule has 1 aromatic heterocycles. The fourth-order valence-corrected chi connectivity index (χ4v) is 1.48. The van der Waals surface area contributed by atoms with Crippen LogP contribution in [0.2, 0.25) is 0 Å². The number of nitro groups is 1. The van der Waals surface area contributed by atoms with Gasteiger partial charge in [-0.25, -0.2) is 4.98 Å². The average Bonchev–Trinajstić information content (AvgIpc) is 2.36. The van der Waals surface area contributed by atoms with Crippen molar-refractivity contribution in [3.8, 4) is 0 Å². The van der Waals surface area contributed by atoms with Gasteiger partial charge in [-0.15, -0.1) is 0 Å². The summed E-state index contributed by atoms with van der Waals surface area (Å²) in [5.41, 5.74) is -0.574. The smallest absolute Gasteiger partial charge is 0.311 e. The van der Waals surface area contributed by atoms with Crippen molar-refractivity contribution in [3.63, 3.8) is 0 Å². The molecule has 0 atom stereocenters. The van der Waals surface area contributed by atoms with Gasteiger partial charge in [0.25, 0.3) is 0 Å². The van der Waals surface area contributed by atoms with E-state index in [9.17, 15) is 20.3 Å². The zero-order valence-corrected chi connectivity index (χ0v) is 10.4. The number of aliphatic hydroxyl groups excluding tert-OH is 2. The Balaban J connectivity index is 3.16. The van der Waals surface area contributed by atoms with E-state index in [1.165, 1.54) is 12.1 Å². The largest absolute Gasteiger partial charge is 0.394 e. The van der Waals surface area contributed by atoms with E-state index in [0.29, 0.717) is 12.1 Å². The zero-order chi connectivity index (χ0) is 13.8. The number of aliphatic hydroxyl groups is 2. The first-order valence-corrected chi connectivity index (χ1v) is 5.60. The normalized spacial score (nSPS) is 11.3. The first-order valence-electron chi connectivity index (χ1n) is 5.60. The Hall–Kier alpha value is -1.73. The van der Waals surface area contributed by atoms with Crippen LogP contribution in [0, 0.1) is 17.0 Å². The number of nitrogens with one attached hydrogen (secondary N) is 1. The molecule has 0 saturated heterocycles. The van der Waals surface area contributed by atoms with E-state index < -0.39 is 10.5 Å². The minimum absolute atomic E-state index is 0.0601. The molecule has 0 amide bonds. The summed E-state index contributed by atoms with van der Waals surface area (Å²) in [5.74, 6) is 0.0601. The molecule has 7 heteroatoms. The van der Waals surface area contributed by atoms with Crippen LogP contribution < -0.4 is 5.32 Å². The Bertz CT molecular complexity index is 424. The molecular weight excluding hydrogens is 238 g/mol. The summed E-state index contributed by atoms with van der Waals surface area (Å²) in [7, 11) is 0. The highest BCUT2D eigenvalue weighted by Crippen LogP contribution is 2.26. The second-order valence-corrected chi connectivity index (χ2v) is 4.15. The van der Waals surface area contributed by atoms with Gasteiger partial charge in [-0.3, -0.25) is 10.1 Å². The summed E-state index contributed by atoms with van der Waals surface area (Å²) in [6.07, 6.45) is 0.410. The van der Waals surface area contributed by atoms with Crippen LogP contribution in [0.25, 0.3) is 0 Å². The van der Waals surface area contributed by atoms with Crippen molar-refractivity contribution in [2.24, 2.45) is 0 Å². The molecule has 0 unspecified atom stereocenters. The lowest BCUT2D eigenvalue weighted by atomic mass is 9.98. The van der Waals surface area contributed by atoms with Crippen molar-refractivity contribution in [2.45, 2.75) is 25.8 Å². The van der Waals surface area contributed by atoms with Gasteiger partial charge in [0.2, 0.25) is 5.82 Å². The molecule has 0 radical (unpaired) electrons. The molecule has 1 rings (SSSR count). The lowest BCUT2D eigenvalue weighted by Crippen LogP contribution is -2.45. The summed E-state index contributed by atoms with van der Waals surface area (Å²) in [5, 5.41) is 32.3. The molecule has 1 heterocycles. The quantitative estimate of drug-likeness (QED) is 0.513. The standard InChI is InChI=1S/C11H17N3O4/c1-3-11(6-15,7-16)13-10-9(14(17)18)5-4-8(2)12-10/h4-5,15-16H,3,6-7H2,1-2H3,(H,12,13). The molecule has 0 bridgehead atoms. The van der Waals surface area contributed by atoms with E-state index >= 15 is 0 Å². The number of rotatable bonds is 6. The maximum Gasteiger partial charge on any atom is 0.311 e. The van der Waals surface area contributed by atoms with Gasteiger partial charge in [0, 0.05) is 11.8 Å². The van der Waals surface area contributed by atoms with Crippen LogP contribution in [-0.4, -0.2) is 38.9 Å². The van der Waals surface area contributed by atoms with E-state index in [4.69, 9.17) is 0 Å². The van der Waals surface area contributed by atoms with E-state index in [2.05, 4.69) is 10.3 Å². The lowest BCUT2D eigenvalue weighted by molar-refractivity contribution is -0.384. The fraction of sp³-hybridized carbons (Fsp3) is 0.545. The molecule has 7 nitrogen and oxygen atoms in total. The van der Waals surface area contributed by atoms with E-state index in [0.717, 1.165) is 0 Å². The molecule has 1 aromatic rings. The second kappa shape index (κ2) is 5.74. The van der Waals surface area contributed by atoms with Gasteiger partial charge in [-0.05, 0) is 19.4 Å². The SMILES string of the molecule is CCC(CO)(CO)Nc1nc(C)ccc1[N+](=O)[O-]. The molecule has 0 aliphatic heterocycles. The van der Waals surface area contributed by atoms with Gasteiger partial charge in [-0.1, -0.05) is 6.92 Å². The zero-order valence-electron chi connectivity index (χ0n) is 10.4. The van der Waals surface area contributed by atoms with Gasteiger partial charge < -0.3 is 15.5 Å². The molecule has 0 spiro atoms. The summed E-state index contributed by atoms with van der Waals surface area (Å²) >= 11 is 0. The Kier molecular flexibility index (Phi) is 4.57.